The predicted octanol–water partition coefficient (Wildman–Crippen LogP) is 1.33. The minimum Gasteiger partial charge on any atom is -0.481 e. The quantitative estimate of drug-likeness (QED) is 0.772. The predicted molar refractivity (Wildman–Crippen MR) is 55.6 cm³/mol. The van der Waals surface area contributed by atoms with Crippen LogP contribution in [0.1, 0.15) is 17.0 Å². The molecule has 0 bridgehead atoms. The fourth-order valence-corrected chi connectivity index (χ4v) is 1.41. The maximum Gasteiger partial charge on any atom is 0.312 e. The average molecular weight is 211 g/mol. The highest BCUT2D eigenvalue weighted by molar-refractivity contribution is 5.76. The zero-order valence-electron chi connectivity index (χ0n) is 8.32. The first-order chi connectivity index (χ1) is 7.19. The van der Waals surface area contributed by atoms with E-state index in [1.807, 2.05) is 0 Å². The van der Waals surface area contributed by atoms with Gasteiger partial charge in [0.2, 0.25) is 0 Å². The van der Waals surface area contributed by atoms with Crippen LogP contribution in [0.2, 0.25) is 0 Å². The Morgan fingerprint density at radius 1 is 1.40 bits per heavy atom. The van der Waals surface area contributed by atoms with Crippen LogP contribution in [-0.4, -0.2) is 24.3 Å². The van der Waals surface area contributed by atoms with Crippen molar-refractivity contribution in [1.82, 2.24) is 0 Å². The van der Waals surface area contributed by atoms with Gasteiger partial charge in [-0.3, -0.25) is 9.18 Å². The number of halogens is 1. The van der Waals surface area contributed by atoms with Gasteiger partial charge in [0.25, 0.3) is 0 Å². The van der Waals surface area contributed by atoms with Crippen molar-refractivity contribution < 1.29 is 14.3 Å². The maximum atomic E-state index is 12.0. The summed E-state index contributed by atoms with van der Waals surface area (Å²) in [6.07, 6.45) is 0.362. The topological polar surface area (TPSA) is 63.3 Å². The van der Waals surface area contributed by atoms with Crippen LogP contribution in [-0.2, 0) is 11.2 Å². The second-order valence-corrected chi connectivity index (χ2v) is 3.31. The summed E-state index contributed by atoms with van der Waals surface area (Å²) < 4.78 is 12.0. The molecule has 1 aromatic carbocycles. The highest BCUT2D eigenvalue weighted by Gasteiger charge is 2.17. The van der Waals surface area contributed by atoms with E-state index in [0.717, 1.165) is 5.56 Å². The molecule has 0 aliphatic carbocycles. The molecule has 4 heteroatoms. The van der Waals surface area contributed by atoms with E-state index in [9.17, 15) is 9.18 Å². The summed E-state index contributed by atoms with van der Waals surface area (Å²) in [7, 11) is 0. The number of alkyl halides is 1. The lowest BCUT2D eigenvalue weighted by Crippen LogP contribution is -2.21. The van der Waals surface area contributed by atoms with Crippen LogP contribution in [0.4, 0.5) is 4.39 Å². The molecule has 0 amide bonds. The number of carboxylic acid groups (broad SMARTS) is 1. The number of rotatable bonds is 5. The van der Waals surface area contributed by atoms with Crippen molar-refractivity contribution in [3.8, 4) is 0 Å². The Morgan fingerprint density at radius 3 is 2.40 bits per heavy atom. The number of benzene rings is 1. The highest BCUT2D eigenvalue weighted by atomic mass is 19.1. The van der Waals surface area contributed by atoms with Gasteiger partial charge in [-0.2, -0.15) is 0 Å². The second kappa shape index (κ2) is 5.46. The fraction of sp³-hybridized carbons (Fsp3) is 0.364. The van der Waals surface area contributed by atoms with E-state index in [2.05, 4.69) is 0 Å². The Hall–Kier alpha value is -1.42. The molecule has 0 aliphatic heterocycles. The normalized spacial score (nSPS) is 12.4. The van der Waals surface area contributed by atoms with Crippen molar-refractivity contribution >= 4 is 5.97 Å². The third-order valence-electron chi connectivity index (χ3n) is 2.30. The molecule has 1 rings (SSSR count). The summed E-state index contributed by atoms with van der Waals surface area (Å²) in [5.41, 5.74) is 6.88. The molecule has 0 aliphatic rings. The number of nitrogens with two attached hydrogens (primary N) is 1. The van der Waals surface area contributed by atoms with E-state index >= 15 is 0 Å². The molecule has 1 aromatic rings. The Bertz CT molecular complexity index is 324. The van der Waals surface area contributed by atoms with Crippen LogP contribution < -0.4 is 5.73 Å². The summed E-state index contributed by atoms with van der Waals surface area (Å²) in [5, 5.41) is 8.86. The van der Waals surface area contributed by atoms with Gasteiger partial charge in [-0.1, -0.05) is 24.3 Å². The molecule has 0 radical (unpaired) electrons. The first-order valence-electron chi connectivity index (χ1n) is 4.76. The lowest BCUT2D eigenvalue weighted by Gasteiger charge is -2.10. The van der Waals surface area contributed by atoms with Crippen LogP contribution in [0.3, 0.4) is 0 Å². The minimum absolute atomic E-state index is 0.0673. The highest BCUT2D eigenvalue weighted by Crippen LogP contribution is 2.16. The summed E-state index contributed by atoms with van der Waals surface area (Å²) in [4.78, 5) is 10.8. The van der Waals surface area contributed by atoms with E-state index in [1.165, 1.54) is 0 Å². The Morgan fingerprint density at radius 2 is 2.00 bits per heavy atom. The molecule has 0 heterocycles. The van der Waals surface area contributed by atoms with Gasteiger partial charge >= 0.3 is 5.97 Å². The number of carboxylic acids is 1. The number of hydrogen-bond acceptors (Lipinski definition) is 2. The molecule has 1 atom stereocenters. The van der Waals surface area contributed by atoms with Crippen molar-refractivity contribution in [2.75, 3.05) is 13.2 Å². The molecule has 0 spiro atoms. The SMILES string of the molecule is NCC(C(=O)O)c1ccc(CCF)cc1. The van der Waals surface area contributed by atoms with Gasteiger partial charge in [-0.05, 0) is 11.1 Å². The van der Waals surface area contributed by atoms with Gasteiger partial charge in [0.1, 0.15) is 0 Å². The van der Waals surface area contributed by atoms with Gasteiger partial charge in [0, 0.05) is 13.0 Å². The average Bonchev–Trinajstić information content (AvgIpc) is 2.21. The molecule has 0 fully saturated rings. The number of aliphatic carboxylic acids is 1. The van der Waals surface area contributed by atoms with E-state index in [0.29, 0.717) is 12.0 Å². The van der Waals surface area contributed by atoms with E-state index in [4.69, 9.17) is 10.8 Å². The van der Waals surface area contributed by atoms with Gasteiger partial charge in [-0.25, -0.2) is 0 Å². The van der Waals surface area contributed by atoms with Crippen LogP contribution in [0.5, 0.6) is 0 Å². The van der Waals surface area contributed by atoms with E-state index in [1.54, 1.807) is 24.3 Å². The third-order valence-corrected chi connectivity index (χ3v) is 2.30. The second-order valence-electron chi connectivity index (χ2n) is 3.31. The van der Waals surface area contributed by atoms with E-state index < -0.39 is 18.6 Å². The summed E-state index contributed by atoms with van der Waals surface area (Å²) >= 11 is 0. The molecule has 15 heavy (non-hydrogen) atoms. The molecular weight excluding hydrogens is 197 g/mol. The molecule has 82 valence electrons. The molecule has 3 N–H and O–H groups in total. The fourth-order valence-electron chi connectivity index (χ4n) is 1.41. The molecule has 0 aromatic heterocycles. The Kier molecular flexibility index (Phi) is 4.24. The minimum atomic E-state index is -0.934. The molecule has 1 unspecified atom stereocenters. The number of aryl methyl sites for hydroxylation is 1. The van der Waals surface area contributed by atoms with Crippen molar-refractivity contribution in [2.24, 2.45) is 5.73 Å². The van der Waals surface area contributed by atoms with Crippen molar-refractivity contribution in [3.05, 3.63) is 35.4 Å². The monoisotopic (exact) mass is 211 g/mol. The zero-order chi connectivity index (χ0) is 11.3. The third kappa shape index (κ3) is 3.02. The summed E-state index contributed by atoms with van der Waals surface area (Å²) in [6.45, 7) is -0.337. The van der Waals surface area contributed by atoms with Gasteiger partial charge < -0.3 is 10.8 Å². The van der Waals surface area contributed by atoms with Crippen molar-refractivity contribution in [3.63, 3.8) is 0 Å². The van der Waals surface area contributed by atoms with Crippen molar-refractivity contribution in [2.45, 2.75) is 12.3 Å². The van der Waals surface area contributed by atoms with Crippen molar-refractivity contribution in [1.29, 1.82) is 0 Å². The first-order valence-corrected chi connectivity index (χ1v) is 4.76. The lowest BCUT2D eigenvalue weighted by atomic mass is 9.98. The van der Waals surface area contributed by atoms with Crippen LogP contribution in [0.25, 0.3) is 0 Å². The van der Waals surface area contributed by atoms with Crippen LogP contribution >= 0.6 is 0 Å². The molecular formula is C11H14FNO2. The van der Waals surface area contributed by atoms with E-state index in [-0.39, 0.29) is 6.54 Å². The summed E-state index contributed by atoms with van der Waals surface area (Å²) in [6, 6.07) is 6.86. The zero-order valence-corrected chi connectivity index (χ0v) is 8.32. The molecule has 0 saturated heterocycles. The Labute approximate surface area is 87.7 Å². The number of carbonyl (C=O) groups is 1. The largest absolute Gasteiger partial charge is 0.481 e. The van der Waals surface area contributed by atoms with Crippen LogP contribution in [0, 0.1) is 0 Å². The summed E-state index contributed by atoms with van der Waals surface area (Å²) in [5.74, 6) is -1.61. The first kappa shape index (κ1) is 11.7. The smallest absolute Gasteiger partial charge is 0.312 e. The lowest BCUT2D eigenvalue weighted by molar-refractivity contribution is -0.138. The molecule has 3 nitrogen and oxygen atoms in total. The van der Waals surface area contributed by atoms with Gasteiger partial charge in [0.15, 0.2) is 0 Å². The standard InChI is InChI=1S/C11H14FNO2/c12-6-5-8-1-3-9(4-2-8)10(7-13)11(14)15/h1-4,10H,5-7,13H2,(H,14,15). The molecule has 0 saturated carbocycles. The maximum absolute atomic E-state index is 12.0. The van der Waals surface area contributed by atoms with Crippen LogP contribution in [0.15, 0.2) is 24.3 Å². The number of hydrogen-bond donors (Lipinski definition) is 2. The Balaban J connectivity index is 2.82. The van der Waals surface area contributed by atoms with Gasteiger partial charge in [-0.15, -0.1) is 0 Å². The van der Waals surface area contributed by atoms with Gasteiger partial charge in [0.05, 0.1) is 12.6 Å².